The monoisotopic (exact) mass is 218 g/mol. The smallest absolute Gasteiger partial charge is 0.128 e. The highest BCUT2D eigenvalue weighted by atomic mass is 35.5. The summed E-state index contributed by atoms with van der Waals surface area (Å²) < 4.78 is 5.63. The molecule has 1 nitrogen and oxygen atoms in total. The molecule has 0 heterocycles. The first kappa shape index (κ1) is 10.1. The van der Waals surface area contributed by atoms with E-state index in [1.54, 1.807) is 6.07 Å². The summed E-state index contributed by atoms with van der Waals surface area (Å²) in [6.45, 7) is 2.04. The first-order valence-corrected chi connectivity index (χ1v) is 5.12. The van der Waals surface area contributed by atoms with Gasteiger partial charge in [-0.1, -0.05) is 35.4 Å². The highest BCUT2D eigenvalue weighted by Gasteiger charge is 1.97. The Morgan fingerprint density at radius 1 is 0.933 bits per heavy atom. The van der Waals surface area contributed by atoms with Gasteiger partial charge in [-0.3, -0.25) is 0 Å². The molecule has 0 saturated carbocycles. The fourth-order valence-electron chi connectivity index (χ4n) is 1.27. The Morgan fingerprint density at radius 2 is 1.67 bits per heavy atom. The van der Waals surface area contributed by atoms with Gasteiger partial charge in [-0.05, 0) is 37.3 Å². The zero-order valence-corrected chi connectivity index (χ0v) is 9.16. The van der Waals surface area contributed by atoms with Crippen molar-refractivity contribution in [3.8, 4) is 11.5 Å². The van der Waals surface area contributed by atoms with Gasteiger partial charge in [0.25, 0.3) is 0 Å². The standard InChI is InChI=1S/C13H11ClO/c1-10-5-7-12(8-6-10)15-13-4-2-3-11(14)9-13/h2-9H,1H3. The second-order valence-electron chi connectivity index (χ2n) is 3.37. The predicted octanol–water partition coefficient (Wildman–Crippen LogP) is 4.44. The molecule has 0 spiro atoms. The number of hydrogen-bond acceptors (Lipinski definition) is 1. The van der Waals surface area contributed by atoms with Gasteiger partial charge in [0, 0.05) is 5.02 Å². The van der Waals surface area contributed by atoms with E-state index in [4.69, 9.17) is 16.3 Å². The van der Waals surface area contributed by atoms with Crippen LogP contribution in [0.4, 0.5) is 0 Å². The maximum absolute atomic E-state index is 5.86. The van der Waals surface area contributed by atoms with Gasteiger partial charge in [0.15, 0.2) is 0 Å². The van der Waals surface area contributed by atoms with Crippen molar-refractivity contribution in [3.63, 3.8) is 0 Å². The van der Waals surface area contributed by atoms with E-state index in [0.29, 0.717) is 5.02 Å². The molecule has 2 heteroatoms. The molecule has 15 heavy (non-hydrogen) atoms. The van der Waals surface area contributed by atoms with Crippen molar-refractivity contribution < 1.29 is 4.74 Å². The van der Waals surface area contributed by atoms with E-state index in [9.17, 15) is 0 Å². The molecule has 0 N–H and O–H groups in total. The average molecular weight is 219 g/mol. The van der Waals surface area contributed by atoms with Gasteiger partial charge in [-0.2, -0.15) is 0 Å². The Bertz CT molecular complexity index is 448. The first-order valence-electron chi connectivity index (χ1n) is 4.74. The molecular formula is C13H11ClO. The van der Waals surface area contributed by atoms with Crippen LogP contribution in [-0.4, -0.2) is 0 Å². The van der Waals surface area contributed by atoms with E-state index in [1.807, 2.05) is 49.4 Å². The van der Waals surface area contributed by atoms with Crippen LogP contribution in [0.25, 0.3) is 0 Å². The van der Waals surface area contributed by atoms with Crippen LogP contribution in [-0.2, 0) is 0 Å². The van der Waals surface area contributed by atoms with Crippen molar-refractivity contribution in [2.45, 2.75) is 6.92 Å². The third-order valence-corrected chi connectivity index (χ3v) is 2.29. The molecule has 2 aromatic rings. The van der Waals surface area contributed by atoms with Crippen molar-refractivity contribution in [3.05, 3.63) is 59.1 Å². The van der Waals surface area contributed by atoms with E-state index in [1.165, 1.54) is 5.56 Å². The Balaban J connectivity index is 2.18. The van der Waals surface area contributed by atoms with Crippen LogP contribution in [0.1, 0.15) is 5.56 Å². The maximum Gasteiger partial charge on any atom is 0.128 e. The number of ether oxygens (including phenoxy) is 1. The molecule has 2 aromatic carbocycles. The summed E-state index contributed by atoms with van der Waals surface area (Å²) in [5.41, 5.74) is 1.22. The van der Waals surface area contributed by atoms with Gasteiger partial charge >= 0.3 is 0 Å². The summed E-state index contributed by atoms with van der Waals surface area (Å²) in [7, 11) is 0. The second-order valence-corrected chi connectivity index (χ2v) is 3.81. The minimum atomic E-state index is 0.680. The molecule has 0 aliphatic rings. The molecule has 0 fully saturated rings. The van der Waals surface area contributed by atoms with Crippen LogP contribution in [0.5, 0.6) is 11.5 Å². The van der Waals surface area contributed by atoms with Gasteiger partial charge in [0.1, 0.15) is 11.5 Å². The maximum atomic E-state index is 5.86. The molecule has 0 bridgehead atoms. The van der Waals surface area contributed by atoms with Crippen LogP contribution in [0.3, 0.4) is 0 Å². The lowest BCUT2D eigenvalue weighted by Gasteiger charge is -2.05. The number of benzene rings is 2. The largest absolute Gasteiger partial charge is 0.457 e. The quantitative estimate of drug-likeness (QED) is 0.724. The molecule has 0 radical (unpaired) electrons. The highest BCUT2D eigenvalue weighted by Crippen LogP contribution is 2.23. The Labute approximate surface area is 94.3 Å². The topological polar surface area (TPSA) is 9.23 Å². The molecular weight excluding hydrogens is 208 g/mol. The van der Waals surface area contributed by atoms with E-state index in [-0.39, 0.29) is 0 Å². The van der Waals surface area contributed by atoms with Crippen molar-refractivity contribution in [1.29, 1.82) is 0 Å². The van der Waals surface area contributed by atoms with Crippen molar-refractivity contribution in [1.82, 2.24) is 0 Å². The minimum Gasteiger partial charge on any atom is -0.457 e. The molecule has 0 aliphatic carbocycles. The minimum absolute atomic E-state index is 0.680. The second kappa shape index (κ2) is 4.37. The molecule has 0 amide bonds. The van der Waals surface area contributed by atoms with Crippen LogP contribution >= 0.6 is 11.6 Å². The summed E-state index contributed by atoms with van der Waals surface area (Å²) in [6, 6.07) is 15.3. The SMILES string of the molecule is Cc1ccc(Oc2cccc(Cl)c2)cc1. The van der Waals surface area contributed by atoms with Gasteiger partial charge in [0.05, 0.1) is 0 Å². The van der Waals surface area contributed by atoms with E-state index in [0.717, 1.165) is 11.5 Å². The van der Waals surface area contributed by atoms with Crippen LogP contribution in [0.2, 0.25) is 5.02 Å². The molecule has 2 rings (SSSR count). The Morgan fingerprint density at radius 3 is 2.33 bits per heavy atom. The van der Waals surface area contributed by atoms with Gasteiger partial charge < -0.3 is 4.74 Å². The van der Waals surface area contributed by atoms with Crippen molar-refractivity contribution >= 4 is 11.6 Å². The van der Waals surface area contributed by atoms with Crippen molar-refractivity contribution in [2.75, 3.05) is 0 Å². The molecule has 0 unspecified atom stereocenters. The zero-order valence-electron chi connectivity index (χ0n) is 8.41. The van der Waals surface area contributed by atoms with E-state index < -0.39 is 0 Å². The highest BCUT2D eigenvalue weighted by molar-refractivity contribution is 6.30. The Hall–Kier alpha value is -1.47. The molecule has 0 atom stereocenters. The normalized spacial score (nSPS) is 10.0. The van der Waals surface area contributed by atoms with Gasteiger partial charge in [-0.15, -0.1) is 0 Å². The van der Waals surface area contributed by atoms with Gasteiger partial charge in [0.2, 0.25) is 0 Å². The van der Waals surface area contributed by atoms with Crippen LogP contribution in [0, 0.1) is 6.92 Å². The van der Waals surface area contributed by atoms with E-state index in [2.05, 4.69) is 0 Å². The van der Waals surface area contributed by atoms with Crippen LogP contribution in [0.15, 0.2) is 48.5 Å². The summed E-state index contributed by atoms with van der Waals surface area (Å²) in [4.78, 5) is 0. The molecule has 0 saturated heterocycles. The molecule has 0 aliphatic heterocycles. The number of hydrogen-bond donors (Lipinski definition) is 0. The summed E-state index contributed by atoms with van der Waals surface area (Å²) in [5, 5.41) is 0.680. The summed E-state index contributed by atoms with van der Waals surface area (Å²) >= 11 is 5.86. The van der Waals surface area contributed by atoms with E-state index >= 15 is 0 Å². The number of rotatable bonds is 2. The Kier molecular flexibility index (Phi) is 2.93. The average Bonchev–Trinajstić information content (AvgIpc) is 2.22. The van der Waals surface area contributed by atoms with Crippen LogP contribution < -0.4 is 4.74 Å². The lowest BCUT2D eigenvalue weighted by molar-refractivity contribution is 0.482. The molecule has 0 aromatic heterocycles. The summed E-state index contributed by atoms with van der Waals surface area (Å²) in [6.07, 6.45) is 0. The fourth-order valence-corrected chi connectivity index (χ4v) is 1.45. The first-order chi connectivity index (χ1) is 7.24. The fraction of sp³-hybridized carbons (Fsp3) is 0.0769. The lowest BCUT2D eigenvalue weighted by atomic mass is 10.2. The molecule has 76 valence electrons. The third kappa shape index (κ3) is 2.74. The predicted molar refractivity (Wildman–Crippen MR) is 62.7 cm³/mol. The van der Waals surface area contributed by atoms with Crippen molar-refractivity contribution in [2.24, 2.45) is 0 Å². The third-order valence-electron chi connectivity index (χ3n) is 2.05. The van der Waals surface area contributed by atoms with Gasteiger partial charge in [-0.25, -0.2) is 0 Å². The number of aryl methyl sites for hydroxylation is 1. The number of halogens is 1. The lowest BCUT2D eigenvalue weighted by Crippen LogP contribution is -1.83. The zero-order chi connectivity index (χ0) is 10.7. The summed E-state index contributed by atoms with van der Waals surface area (Å²) in [5.74, 6) is 1.58.